The zero-order chi connectivity index (χ0) is 14.9. The van der Waals surface area contributed by atoms with Gasteiger partial charge < -0.3 is 4.90 Å². The molecule has 106 valence electrons. The fraction of sp³-hybridized carbons (Fsp3) is 0.308. The van der Waals surface area contributed by atoms with Gasteiger partial charge in [0, 0.05) is 14.1 Å². The van der Waals surface area contributed by atoms with Gasteiger partial charge in [0.25, 0.3) is 5.70 Å². The fourth-order valence-corrected chi connectivity index (χ4v) is 3.02. The van der Waals surface area contributed by atoms with Crippen molar-refractivity contribution >= 4 is 22.0 Å². The van der Waals surface area contributed by atoms with Crippen molar-refractivity contribution in [3.8, 4) is 0 Å². The average molecular weight is 340 g/mol. The molecule has 0 saturated carbocycles. The SMILES string of the molecule is CN1C(=O)N(C)C(c2ccccc2)C([N+](=O)[O-])=C1CBr. The van der Waals surface area contributed by atoms with Crippen LogP contribution in [0, 0.1) is 10.1 Å². The molecule has 0 aliphatic carbocycles. The van der Waals surface area contributed by atoms with Crippen molar-refractivity contribution < 1.29 is 9.72 Å². The molecule has 0 N–H and O–H groups in total. The van der Waals surface area contributed by atoms with Crippen molar-refractivity contribution in [1.82, 2.24) is 9.80 Å². The van der Waals surface area contributed by atoms with Crippen LogP contribution in [-0.4, -0.2) is 40.2 Å². The number of halogens is 1. The summed E-state index contributed by atoms with van der Waals surface area (Å²) in [5.74, 6) is 0. The van der Waals surface area contributed by atoms with Crippen molar-refractivity contribution in [3.05, 3.63) is 57.4 Å². The zero-order valence-electron chi connectivity index (χ0n) is 11.1. The summed E-state index contributed by atoms with van der Waals surface area (Å²) >= 11 is 3.23. The minimum absolute atomic E-state index is 0.0256. The van der Waals surface area contributed by atoms with E-state index in [0.717, 1.165) is 5.56 Å². The molecule has 20 heavy (non-hydrogen) atoms. The molecule has 0 bridgehead atoms. The second kappa shape index (κ2) is 5.62. The smallest absolute Gasteiger partial charge is 0.310 e. The van der Waals surface area contributed by atoms with E-state index in [2.05, 4.69) is 15.9 Å². The molecule has 1 aromatic rings. The fourth-order valence-electron chi connectivity index (χ4n) is 2.36. The van der Waals surface area contributed by atoms with Crippen LogP contribution in [0.4, 0.5) is 4.79 Å². The van der Waals surface area contributed by atoms with E-state index in [1.807, 2.05) is 6.07 Å². The van der Waals surface area contributed by atoms with Crippen LogP contribution in [-0.2, 0) is 0 Å². The number of benzene rings is 1. The number of hydrogen-bond acceptors (Lipinski definition) is 3. The Morgan fingerprint density at radius 3 is 2.40 bits per heavy atom. The molecule has 6 nitrogen and oxygen atoms in total. The lowest BCUT2D eigenvalue weighted by Gasteiger charge is -2.36. The van der Waals surface area contributed by atoms with Crippen molar-refractivity contribution in [3.63, 3.8) is 0 Å². The van der Waals surface area contributed by atoms with Gasteiger partial charge in [-0.1, -0.05) is 46.3 Å². The molecule has 1 atom stereocenters. The lowest BCUT2D eigenvalue weighted by Crippen LogP contribution is -2.47. The predicted molar refractivity (Wildman–Crippen MR) is 77.9 cm³/mol. The van der Waals surface area contributed by atoms with Crippen LogP contribution in [0.5, 0.6) is 0 Å². The highest BCUT2D eigenvalue weighted by molar-refractivity contribution is 9.09. The average Bonchev–Trinajstić information content (AvgIpc) is 2.45. The van der Waals surface area contributed by atoms with E-state index in [4.69, 9.17) is 0 Å². The molecular formula is C13H14BrN3O3. The Kier molecular flexibility index (Phi) is 4.08. The summed E-state index contributed by atoms with van der Waals surface area (Å²) in [4.78, 5) is 26.0. The van der Waals surface area contributed by atoms with Crippen LogP contribution >= 0.6 is 15.9 Å². The Labute approximate surface area is 124 Å². The van der Waals surface area contributed by atoms with Gasteiger partial charge in [0.1, 0.15) is 5.70 Å². The van der Waals surface area contributed by atoms with E-state index in [0.29, 0.717) is 5.70 Å². The number of rotatable bonds is 3. The summed E-state index contributed by atoms with van der Waals surface area (Å²) in [5.41, 5.74) is 1.13. The molecular weight excluding hydrogens is 326 g/mol. The van der Waals surface area contributed by atoms with Gasteiger partial charge in [-0.3, -0.25) is 15.0 Å². The van der Waals surface area contributed by atoms with Crippen LogP contribution in [0.1, 0.15) is 11.6 Å². The first-order valence-electron chi connectivity index (χ1n) is 5.98. The molecule has 0 aromatic heterocycles. The van der Waals surface area contributed by atoms with Crippen molar-refractivity contribution in [2.45, 2.75) is 6.04 Å². The third kappa shape index (κ3) is 2.29. The monoisotopic (exact) mass is 339 g/mol. The highest BCUT2D eigenvalue weighted by Crippen LogP contribution is 2.36. The number of likely N-dealkylation sites (N-methyl/N-ethyl adjacent to an activating group) is 1. The van der Waals surface area contributed by atoms with Gasteiger partial charge in [-0.05, 0) is 5.56 Å². The number of urea groups is 1. The second-order valence-electron chi connectivity index (χ2n) is 4.49. The van der Waals surface area contributed by atoms with E-state index in [9.17, 15) is 14.9 Å². The van der Waals surface area contributed by atoms with E-state index < -0.39 is 11.0 Å². The van der Waals surface area contributed by atoms with Gasteiger partial charge in [-0.25, -0.2) is 4.79 Å². The first kappa shape index (κ1) is 14.5. The van der Waals surface area contributed by atoms with Gasteiger partial charge in [-0.15, -0.1) is 0 Å². The first-order chi connectivity index (χ1) is 9.49. The third-order valence-corrected chi connectivity index (χ3v) is 3.91. The largest absolute Gasteiger partial charge is 0.324 e. The van der Waals surface area contributed by atoms with Gasteiger partial charge in [0.05, 0.1) is 10.3 Å². The van der Waals surface area contributed by atoms with Gasteiger partial charge >= 0.3 is 6.03 Å². The molecule has 2 rings (SSSR count). The zero-order valence-corrected chi connectivity index (χ0v) is 12.7. The maximum Gasteiger partial charge on any atom is 0.324 e. The highest BCUT2D eigenvalue weighted by Gasteiger charge is 2.43. The molecule has 0 fully saturated rings. The minimum atomic E-state index is -0.678. The molecule has 1 aliphatic heterocycles. The molecule has 0 saturated heterocycles. The van der Waals surface area contributed by atoms with E-state index in [1.165, 1.54) is 9.80 Å². The molecule has 1 heterocycles. The maximum absolute atomic E-state index is 12.2. The Morgan fingerprint density at radius 1 is 1.30 bits per heavy atom. The Hall–Kier alpha value is -1.89. The summed E-state index contributed by atoms with van der Waals surface area (Å²) in [7, 11) is 3.12. The summed E-state index contributed by atoms with van der Waals surface area (Å²) in [6, 6.07) is 8.07. The highest BCUT2D eigenvalue weighted by atomic mass is 79.9. The predicted octanol–water partition coefficient (Wildman–Crippen LogP) is 2.61. The van der Waals surface area contributed by atoms with Crippen LogP contribution < -0.4 is 0 Å². The lowest BCUT2D eigenvalue weighted by molar-refractivity contribution is -0.436. The van der Waals surface area contributed by atoms with Crippen LogP contribution in [0.25, 0.3) is 0 Å². The standard InChI is InChI=1S/C13H14BrN3O3/c1-15-10(8-14)12(17(19)20)11(16(2)13(15)18)9-6-4-3-5-7-9/h3-7,11H,8H2,1-2H3. The number of alkyl halides is 1. The first-order valence-corrected chi connectivity index (χ1v) is 7.10. The Balaban J connectivity index is 2.65. The lowest BCUT2D eigenvalue weighted by atomic mass is 9.99. The number of carbonyl (C=O) groups is 1. The number of hydrogen-bond donors (Lipinski definition) is 0. The maximum atomic E-state index is 12.2. The number of nitrogens with zero attached hydrogens (tertiary/aromatic N) is 3. The summed E-state index contributed by atoms with van der Waals surface area (Å²) < 4.78 is 0. The van der Waals surface area contributed by atoms with Crippen molar-refractivity contribution in [1.29, 1.82) is 0 Å². The van der Waals surface area contributed by atoms with Crippen LogP contribution in [0.2, 0.25) is 0 Å². The molecule has 0 radical (unpaired) electrons. The van der Waals surface area contributed by atoms with E-state index in [-0.39, 0.29) is 17.1 Å². The van der Waals surface area contributed by atoms with Gasteiger partial charge in [0.2, 0.25) is 0 Å². The minimum Gasteiger partial charge on any atom is -0.310 e. The molecule has 0 spiro atoms. The van der Waals surface area contributed by atoms with Crippen LogP contribution in [0.15, 0.2) is 41.7 Å². The molecule has 2 amide bonds. The summed E-state index contributed by atoms with van der Waals surface area (Å²) in [6.07, 6.45) is 0. The molecule has 1 aromatic carbocycles. The number of carbonyl (C=O) groups excluding carboxylic acids is 1. The quantitative estimate of drug-likeness (QED) is 0.483. The molecule has 1 unspecified atom stereocenters. The number of nitro groups is 1. The Morgan fingerprint density at radius 2 is 1.90 bits per heavy atom. The Bertz CT molecular complexity index is 573. The summed E-state index contributed by atoms with van der Waals surface area (Å²) in [5, 5.41) is 11.7. The molecule has 1 aliphatic rings. The second-order valence-corrected chi connectivity index (χ2v) is 5.05. The number of amides is 2. The van der Waals surface area contributed by atoms with Crippen molar-refractivity contribution in [2.75, 3.05) is 19.4 Å². The number of allylic oxidation sites excluding steroid dienone is 1. The third-order valence-electron chi connectivity index (χ3n) is 3.37. The van der Waals surface area contributed by atoms with Crippen molar-refractivity contribution in [2.24, 2.45) is 0 Å². The molecule has 7 heteroatoms. The van der Waals surface area contributed by atoms with Gasteiger partial charge in [-0.2, -0.15) is 0 Å². The van der Waals surface area contributed by atoms with E-state index in [1.54, 1.807) is 38.4 Å². The van der Waals surface area contributed by atoms with E-state index >= 15 is 0 Å². The summed E-state index contributed by atoms with van der Waals surface area (Å²) in [6.45, 7) is 0. The van der Waals surface area contributed by atoms with Crippen LogP contribution in [0.3, 0.4) is 0 Å². The van der Waals surface area contributed by atoms with Gasteiger partial charge in [0.15, 0.2) is 6.04 Å². The topological polar surface area (TPSA) is 66.7 Å². The normalized spacial score (nSPS) is 19.6.